The van der Waals surface area contributed by atoms with Gasteiger partial charge in [0.15, 0.2) is 0 Å². The molecular formula is C12H21NOS. The summed E-state index contributed by atoms with van der Waals surface area (Å²) in [5.74, 6) is 0. The summed E-state index contributed by atoms with van der Waals surface area (Å²) < 4.78 is 3.04. The van der Waals surface area contributed by atoms with Gasteiger partial charge in [-0.15, -0.1) is 0 Å². The quantitative estimate of drug-likeness (QED) is 0.612. The molecule has 0 spiro atoms. The molecule has 0 unspecified atom stereocenters. The lowest BCUT2D eigenvalue weighted by atomic mass is 10.2. The molecule has 0 saturated heterocycles. The lowest BCUT2D eigenvalue weighted by Gasteiger charge is -2.01. The summed E-state index contributed by atoms with van der Waals surface area (Å²) in [6, 6.07) is 8.26. The number of benzene rings is 1. The molecule has 0 aromatic heterocycles. The molecule has 1 aromatic rings. The van der Waals surface area contributed by atoms with Crippen molar-refractivity contribution in [1.82, 2.24) is 4.72 Å². The Bertz CT molecular complexity index is 236. The zero-order chi connectivity index (χ0) is 11.5. The van der Waals surface area contributed by atoms with E-state index in [2.05, 4.69) is 49.8 Å². The van der Waals surface area contributed by atoms with Crippen LogP contribution in [0.15, 0.2) is 29.2 Å². The van der Waals surface area contributed by atoms with Gasteiger partial charge in [-0.3, -0.25) is 4.72 Å². The van der Waals surface area contributed by atoms with E-state index >= 15 is 0 Å². The lowest BCUT2D eigenvalue weighted by Crippen LogP contribution is -2.08. The zero-order valence-electron chi connectivity index (χ0n) is 9.79. The third kappa shape index (κ3) is 8.48. The number of aliphatic hydroxyl groups is 1. The Balaban J connectivity index is 0.000000583. The molecule has 15 heavy (non-hydrogen) atoms. The Labute approximate surface area is 97.2 Å². The van der Waals surface area contributed by atoms with E-state index in [9.17, 15) is 0 Å². The molecule has 1 rings (SSSR count). The fraction of sp³-hybridized carbons (Fsp3) is 0.500. The summed E-state index contributed by atoms with van der Waals surface area (Å²) in [4.78, 5) is 1.18. The van der Waals surface area contributed by atoms with Crippen molar-refractivity contribution >= 4 is 11.9 Å². The Morgan fingerprint density at radius 2 is 1.73 bits per heavy atom. The standard InChI is InChI=1S/C9H13NOS.C3H8/c1-8-2-4-9(5-3-8)12-10-6-7-11;1-3-2/h2-5,10-11H,6-7H2,1H3;3H2,1-2H3. The van der Waals surface area contributed by atoms with Crippen LogP contribution < -0.4 is 4.72 Å². The van der Waals surface area contributed by atoms with Crippen LogP contribution in [0.3, 0.4) is 0 Å². The summed E-state index contributed by atoms with van der Waals surface area (Å²) >= 11 is 1.54. The predicted octanol–water partition coefficient (Wildman–Crippen LogP) is 3.00. The highest BCUT2D eigenvalue weighted by atomic mass is 32.2. The van der Waals surface area contributed by atoms with Crippen molar-refractivity contribution in [2.75, 3.05) is 13.2 Å². The second-order valence-electron chi connectivity index (χ2n) is 3.24. The van der Waals surface area contributed by atoms with Crippen molar-refractivity contribution in [3.05, 3.63) is 29.8 Å². The maximum atomic E-state index is 8.51. The molecule has 0 atom stereocenters. The molecule has 0 aliphatic carbocycles. The summed E-state index contributed by atoms with van der Waals surface area (Å²) in [7, 11) is 0. The largest absolute Gasteiger partial charge is 0.395 e. The van der Waals surface area contributed by atoms with Crippen molar-refractivity contribution in [2.24, 2.45) is 0 Å². The number of rotatable bonds is 4. The first-order chi connectivity index (χ1) is 7.24. The van der Waals surface area contributed by atoms with Gasteiger partial charge in [0.1, 0.15) is 0 Å². The Hall–Kier alpha value is -0.510. The lowest BCUT2D eigenvalue weighted by molar-refractivity contribution is 0.302. The van der Waals surface area contributed by atoms with Gasteiger partial charge in [0.2, 0.25) is 0 Å². The van der Waals surface area contributed by atoms with Crippen LogP contribution in [0.4, 0.5) is 0 Å². The van der Waals surface area contributed by atoms with Gasteiger partial charge in [-0.1, -0.05) is 38.0 Å². The van der Waals surface area contributed by atoms with E-state index in [0.29, 0.717) is 6.54 Å². The van der Waals surface area contributed by atoms with Crippen LogP contribution >= 0.6 is 11.9 Å². The first kappa shape index (κ1) is 14.5. The average molecular weight is 227 g/mol. The minimum absolute atomic E-state index is 0.179. The maximum absolute atomic E-state index is 8.51. The molecule has 0 aliphatic rings. The normalized spacial score (nSPS) is 9.33. The first-order valence-corrected chi connectivity index (χ1v) is 6.13. The number of hydrogen-bond acceptors (Lipinski definition) is 3. The van der Waals surface area contributed by atoms with Crippen LogP contribution in [0.2, 0.25) is 0 Å². The zero-order valence-corrected chi connectivity index (χ0v) is 10.6. The fourth-order valence-electron chi connectivity index (χ4n) is 0.786. The van der Waals surface area contributed by atoms with E-state index < -0.39 is 0 Å². The van der Waals surface area contributed by atoms with Crippen molar-refractivity contribution in [1.29, 1.82) is 0 Å². The van der Waals surface area contributed by atoms with Crippen molar-refractivity contribution in [2.45, 2.75) is 32.1 Å². The van der Waals surface area contributed by atoms with E-state index in [0.717, 1.165) is 0 Å². The van der Waals surface area contributed by atoms with E-state index in [-0.39, 0.29) is 6.61 Å². The number of aliphatic hydroxyl groups excluding tert-OH is 1. The van der Waals surface area contributed by atoms with E-state index in [1.54, 1.807) is 11.9 Å². The Kier molecular flexibility index (Phi) is 9.68. The van der Waals surface area contributed by atoms with Gasteiger partial charge < -0.3 is 5.11 Å². The molecule has 0 amide bonds. The van der Waals surface area contributed by atoms with Gasteiger partial charge in [-0.05, 0) is 31.0 Å². The molecule has 0 saturated carbocycles. The number of aryl methyl sites for hydroxylation is 1. The van der Waals surface area contributed by atoms with Gasteiger partial charge in [0.05, 0.1) is 6.61 Å². The summed E-state index contributed by atoms with van der Waals surface area (Å²) in [5.41, 5.74) is 1.27. The predicted molar refractivity (Wildman–Crippen MR) is 68.1 cm³/mol. The van der Waals surface area contributed by atoms with Crippen LogP contribution in [-0.2, 0) is 0 Å². The van der Waals surface area contributed by atoms with Crippen LogP contribution in [0.1, 0.15) is 25.8 Å². The summed E-state index contributed by atoms with van der Waals surface area (Å²) in [6.07, 6.45) is 1.25. The van der Waals surface area contributed by atoms with Gasteiger partial charge in [-0.2, -0.15) is 0 Å². The van der Waals surface area contributed by atoms with Gasteiger partial charge in [0, 0.05) is 11.4 Å². The van der Waals surface area contributed by atoms with E-state index in [1.807, 2.05) is 0 Å². The highest BCUT2D eigenvalue weighted by Crippen LogP contribution is 2.14. The third-order valence-corrected chi connectivity index (χ3v) is 2.28. The average Bonchev–Trinajstić information content (AvgIpc) is 2.23. The van der Waals surface area contributed by atoms with Gasteiger partial charge >= 0.3 is 0 Å². The molecule has 0 fully saturated rings. The fourth-order valence-corrected chi connectivity index (χ4v) is 1.42. The van der Waals surface area contributed by atoms with Crippen LogP contribution in [0.5, 0.6) is 0 Å². The second-order valence-corrected chi connectivity index (χ2v) is 4.20. The molecule has 0 bridgehead atoms. The molecule has 0 heterocycles. The molecule has 2 nitrogen and oxygen atoms in total. The topological polar surface area (TPSA) is 32.3 Å². The van der Waals surface area contributed by atoms with Crippen molar-refractivity contribution in [3.63, 3.8) is 0 Å². The maximum Gasteiger partial charge on any atom is 0.0565 e. The van der Waals surface area contributed by atoms with E-state index in [1.165, 1.54) is 16.9 Å². The Morgan fingerprint density at radius 1 is 1.20 bits per heavy atom. The van der Waals surface area contributed by atoms with Crippen LogP contribution in [0, 0.1) is 6.92 Å². The van der Waals surface area contributed by atoms with Crippen molar-refractivity contribution < 1.29 is 5.11 Å². The van der Waals surface area contributed by atoms with E-state index in [4.69, 9.17) is 5.11 Å². The first-order valence-electron chi connectivity index (χ1n) is 5.31. The van der Waals surface area contributed by atoms with Crippen LogP contribution in [-0.4, -0.2) is 18.3 Å². The highest BCUT2D eigenvalue weighted by molar-refractivity contribution is 7.97. The number of hydrogen-bond donors (Lipinski definition) is 2. The Morgan fingerprint density at radius 3 is 2.20 bits per heavy atom. The molecule has 0 aliphatic heterocycles. The molecule has 1 aromatic carbocycles. The SMILES string of the molecule is CCC.Cc1ccc(SNCCO)cc1. The molecule has 3 heteroatoms. The molecule has 2 N–H and O–H groups in total. The minimum atomic E-state index is 0.179. The second kappa shape index (κ2) is 10.0. The molecular weight excluding hydrogens is 206 g/mol. The van der Waals surface area contributed by atoms with Gasteiger partial charge in [0.25, 0.3) is 0 Å². The van der Waals surface area contributed by atoms with Crippen LogP contribution in [0.25, 0.3) is 0 Å². The van der Waals surface area contributed by atoms with Gasteiger partial charge in [-0.25, -0.2) is 0 Å². The smallest absolute Gasteiger partial charge is 0.0565 e. The summed E-state index contributed by atoms with van der Waals surface area (Å²) in [5, 5.41) is 8.51. The minimum Gasteiger partial charge on any atom is -0.395 e. The summed E-state index contributed by atoms with van der Waals surface area (Å²) in [6.45, 7) is 7.12. The van der Waals surface area contributed by atoms with Crippen molar-refractivity contribution in [3.8, 4) is 0 Å². The highest BCUT2D eigenvalue weighted by Gasteiger charge is 1.91. The monoisotopic (exact) mass is 227 g/mol. The molecule has 0 radical (unpaired) electrons. The number of nitrogens with one attached hydrogen (secondary N) is 1. The third-order valence-electron chi connectivity index (χ3n) is 1.42. The molecule has 86 valence electrons.